The van der Waals surface area contributed by atoms with Gasteiger partial charge in [-0.15, -0.1) is 0 Å². The van der Waals surface area contributed by atoms with Crippen LogP contribution in [-0.4, -0.2) is 31.9 Å². The van der Waals surface area contributed by atoms with Crippen LogP contribution < -0.4 is 4.90 Å². The highest BCUT2D eigenvalue weighted by Crippen LogP contribution is 2.33. The monoisotopic (exact) mass is 361 g/mol. The number of aliphatic imine (C=N–C) groups is 1. The molecular formula is C20H25ClFN3. The minimum Gasteiger partial charge on any atom is -0.370 e. The summed E-state index contributed by atoms with van der Waals surface area (Å²) in [5.74, 6) is -0.176. The minimum atomic E-state index is -0.176. The van der Waals surface area contributed by atoms with E-state index in [1.165, 1.54) is 0 Å². The van der Waals surface area contributed by atoms with Crippen molar-refractivity contribution in [3.05, 3.63) is 57.9 Å². The maximum absolute atomic E-state index is 13.7. The van der Waals surface area contributed by atoms with Gasteiger partial charge in [-0.3, -0.25) is 0 Å². The Morgan fingerprint density at radius 3 is 2.48 bits per heavy atom. The molecule has 3 nitrogen and oxygen atoms in total. The zero-order valence-corrected chi connectivity index (χ0v) is 16.2. The van der Waals surface area contributed by atoms with Crippen molar-refractivity contribution in [1.82, 2.24) is 4.90 Å². The van der Waals surface area contributed by atoms with Gasteiger partial charge in [-0.2, -0.15) is 0 Å². The summed E-state index contributed by atoms with van der Waals surface area (Å²) in [5.41, 5.74) is 4.41. The molecule has 0 aliphatic carbocycles. The second kappa shape index (κ2) is 8.34. The van der Waals surface area contributed by atoms with Gasteiger partial charge in [-0.1, -0.05) is 23.7 Å². The summed E-state index contributed by atoms with van der Waals surface area (Å²) in [4.78, 5) is 8.49. The number of anilines is 1. The Hall–Kier alpha value is -2.07. The molecule has 0 heterocycles. The smallest absolute Gasteiger partial charge is 0.126 e. The zero-order valence-electron chi connectivity index (χ0n) is 15.5. The lowest BCUT2D eigenvalue weighted by Gasteiger charge is -2.22. The first-order chi connectivity index (χ1) is 11.8. The van der Waals surface area contributed by atoms with Crippen molar-refractivity contribution in [1.29, 1.82) is 0 Å². The molecule has 0 atom stereocenters. The lowest BCUT2D eigenvalue weighted by atomic mass is 10.1. The molecule has 2 rings (SSSR count). The normalized spacial score (nSPS) is 11.2. The molecule has 2 aromatic carbocycles. The Morgan fingerprint density at radius 2 is 1.84 bits per heavy atom. The van der Waals surface area contributed by atoms with E-state index < -0.39 is 0 Å². The van der Waals surface area contributed by atoms with Crippen molar-refractivity contribution >= 4 is 29.3 Å². The summed E-state index contributed by atoms with van der Waals surface area (Å²) in [5, 5.41) is 0.600. The van der Waals surface area contributed by atoms with Crippen LogP contribution in [0.5, 0.6) is 0 Å². The van der Waals surface area contributed by atoms with Crippen LogP contribution in [-0.2, 0) is 6.54 Å². The van der Waals surface area contributed by atoms with Gasteiger partial charge in [0.1, 0.15) is 5.82 Å². The molecule has 0 spiro atoms. The molecule has 0 bridgehead atoms. The van der Waals surface area contributed by atoms with Crippen molar-refractivity contribution in [2.45, 2.75) is 27.3 Å². The molecule has 0 aliphatic heterocycles. The highest BCUT2D eigenvalue weighted by Gasteiger charge is 2.11. The average Bonchev–Trinajstić information content (AvgIpc) is 2.58. The third kappa shape index (κ3) is 4.95. The topological polar surface area (TPSA) is 18.8 Å². The molecule has 0 fully saturated rings. The first-order valence-corrected chi connectivity index (χ1v) is 8.70. The standard InChI is InChI=1S/C20H25ClFN3/c1-6-24(4)13-23-19-9-15(3)20(11-17(19)21)25(5)12-16-8-7-14(2)18(22)10-16/h7-11,13H,6,12H2,1-5H3. The summed E-state index contributed by atoms with van der Waals surface area (Å²) in [6, 6.07) is 9.23. The summed E-state index contributed by atoms with van der Waals surface area (Å²) in [6.45, 7) is 7.34. The molecule has 0 aromatic heterocycles. The number of hydrogen-bond donors (Lipinski definition) is 0. The van der Waals surface area contributed by atoms with Crippen molar-refractivity contribution in [3.8, 4) is 0 Å². The van der Waals surface area contributed by atoms with Crippen molar-refractivity contribution in [2.24, 2.45) is 4.99 Å². The Bertz CT molecular complexity index is 774. The molecule has 0 aliphatic rings. The SMILES string of the molecule is CCN(C)C=Nc1cc(C)c(N(C)Cc2ccc(C)c(F)c2)cc1Cl. The third-order valence-corrected chi connectivity index (χ3v) is 4.53. The predicted octanol–water partition coefficient (Wildman–Crippen LogP) is 5.34. The Morgan fingerprint density at radius 1 is 1.12 bits per heavy atom. The fourth-order valence-corrected chi connectivity index (χ4v) is 2.71. The predicted molar refractivity (Wildman–Crippen MR) is 106 cm³/mol. The highest BCUT2D eigenvalue weighted by molar-refractivity contribution is 6.33. The maximum atomic E-state index is 13.7. The van der Waals surface area contributed by atoms with Gasteiger partial charge in [0, 0.05) is 32.9 Å². The summed E-state index contributed by atoms with van der Waals surface area (Å²) >= 11 is 6.40. The van der Waals surface area contributed by atoms with Gasteiger partial charge in [0.2, 0.25) is 0 Å². The fourth-order valence-electron chi connectivity index (χ4n) is 2.50. The van der Waals surface area contributed by atoms with Gasteiger partial charge in [0.25, 0.3) is 0 Å². The van der Waals surface area contributed by atoms with Crippen LogP contribution in [0, 0.1) is 19.7 Å². The van der Waals surface area contributed by atoms with Gasteiger partial charge in [-0.25, -0.2) is 9.38 Å². The number of nitrogens with zero attached hydrogens (tertiary/aromatic N) is 3. The molecule has 0 unspecified atom stereocenters. The Kier molecular flexibility index (Phi) is 6.43. The van der Waals surface area contributed by atoms with Gasteiger partial charge in [-0.05, 0) is 55.7 Å². The Labute approximate surface area is 154 Å². The molecule has 0 radical (unpaired) electrons. The van der Waals surface area contributed by atoms with Gasteiger partial charge >= 0.3 is 0 Å². The number of hydrogen-bond acceptors (Lipinski definition) is 2. The van der Waals surface area contributed by atoms with Crippen LogP contribution in [0.3, 0.4) is 0 Å². The molecule has 134 valence electrons. The van der Waals surface area contributed by atoms with Crippen LogP contribution in [0.4, 0.5) is 15.8 Å². The second-order valence-corrected chi connectivity index (χ2v) is 6.75. The van der Waals surface area contributed by atoms with Gasteiger partial charge in [0.15, 0.2) is 0 Å². The van der Waals surface area contributed by atoms with Crippen molar-refractivity contribution in [3.63, 3.8) is 0 Å². The maximum Gasteiger partial charge on any atom is 0.126 e. The zero-order chi connectivity index (χ0) is 18.6. The molecule has 0 N–H and O–H groups in total. The van der Waals surface area contributed by atoms with E-state index in [0.717, 1.165) is 29.0 Å². The van der Waals surface area contributed by atoms with Gasteiger partial charge < -0.3 is 9.80 Å². The molecule has 2 aromatic rings. The minimum absolute atomic E-state index is 0.176. The van der Waals surface area contributed by atoms with E-state index in [1.807, 2.05) is 44.1 Å². The van der Waals surface area contributed by atoms with Crippen LogP contribution in [0.25, 0.3) is 0 Å². The second-order valence-electron chi connectivity index (χ2n) is 6.35. The van der Waals surface area contributed by atoms with Crippen LogP contribution >= 0.6 is 11.6 Å². The quantitative estimate of drug-likeness (QED) is 0.510. The van der Waals surface area contributed by atoms with E-state index in [2.05, 4.69) is 16.8 Å². The van der Waals surface area contributed by atoms with E-state index in [1.54, 1.807) is 25.4 Å². The van der Waals surface area contributed by atoms with E-state index in [9.17, 15) is 4.39 Å². The molecule has 25 heavy (non-hydrogen) atoms. The summed E-state index contributed by atoms with van der Waals surface area (Å²) in [7, 11) is 3.94. The van der Waals surface area contributed by atoms with Crippen LogP contribution in [0.15, 0.2) is 35.3 Å². The van der Waals surface area contributed by atoms with Crippen LogP contribution in [0.1, 0.15) is 23.6 Å². The molecule has 0 saturated carbocycles. The Balaban J connectivity index is 2.22. The lowest BCUT2D eigenvalue weighted by molar-refractivity contribution is 0.552. The third-order valence-electron chi connectivity index (χ3n) is 4.23. The first-order valence-electron chi connectivity index (χ1n) is 8.32. The largest absolute Gasteiger partial charge is 0.370 e. The van der Waals surface area contributed by atoms with E-state index in [0.29, 0.717) is 17.1 Å². The molecule has 0 amide bonds. The van der Waals surface area contributed by atoms with Gasteiger partial charge in [0.05, 0.1) is 17.0 Å². The highest BCUT2D eigenvalue weighted by atomic mass is 35.5. The van der Waals surface area contributed by atoms with E-state index in [4.69, 9.17) is 11.6 Å². The van der Waals surface area contributed by atoms with Crippen molar-refractivity contribution in [2.75, 3.05) is 25.5 Å². The fraction of sp³-hybridized carbons (Fsp3) is 0.350. The summed E-state index contributed by atoms with van der Waals surface area (Å²) in [6.07, 6.45) is 1.78. The van der Waals surface area contributed by atoms with Crippen LogP contribution in [0.2, 0.25) is 5.02 Å². The molecule has 5 heteroatoms. The number of aryl methyl sites for hydroxylation is 2. The number of halogens is 2. The first kappa shape index (κ1) is 19.3. The molecule has 0 saturated heterocycles. The molecular weight excluding hydrogens is 337 g/mol. The van der Waals surface area contributed by atoms with E-state index >= 15 is 0 Å². The number of rotatable bonds is 6. The van der Waals surface area contributed by atoms with E-state index in [-0.39, 0.29) is 5.82 Å². The summed E-state index contributed by atoms with van der Waals surface area (Å²) < 4.78 is 13.7. The average molecular weight is 362 g/mol. The van der Waals surface area contributed by atoms with Crippen molar-refractivity contribution < 1.29 is 4.39 Å². The lowest BCUT2D eigenvalue weighted by Crippen LogP contribution is -2.17. The number of benzene rings is 2.